The number of rotatable bonds is 3. The summed E-state index contributed by atoms with van der Waals surface area (Å²) in [5.74, 6) is -12.5. The number of carbonyl (C=O) groups is 1. The Morgan fingerprint density at radius 3 is 1.79 bits per heavy atom. The minimum absolute atomic E-state index is 0.172. The number of ether oxygens (including phenoxy) is 1. The zero-order chi connectivity index (χ0) is 19.1. The Kier molecular flexibility index (Phi) is 5.09. The first-order valence-corrected chi connectivity index (χ1v) is 5.47. The lowest BCUT2D eigenvalue weighted by atomic mass is 10.0. The maximum Gasteiger partial charge on any atom is 0.399 e. The standard InChI is InChI=1S/C11H3F10O3/c12-4-1-3(5(13)7(15)6(4)14)2-24-8(22)9(23,10(16,17)18)11(19,20)21/h1H,2H2/q-1. The highest BCUT2D eigenvalue weighted by Crippen LogP contribution is 2.41. The van der Waals surface area contributed by atoms with E-state index in [1.54, 1.807) is 0 Å². The van der Waals surface area contributed by atoms with E-state index in [2.05, 4.69) is 4.74 Å². The monoisotopic (exact) mass is 373 g/mol. The summed E-state index contributed by atoms with van der Waals surface area (Å²) in [7, 11) is 0. The summed E-state index contributed by atoms with van der Waals surface area (Å²) in [5.41, 5.74) is -7.63. The molecule has 0 radical (unpaired) electrons. The number of hydrogen-bond donors (Lipinski definition) is 0. The van der Waals surface area contributed by atoms with Crippen LogP contribution in [-0.2, 0) is 16.1 Å². The maximum atomic E-state index is 13.2. The summed E-state index contributed by atoms with van der Waals surface area (Å²) < 4.78 is 128. The molecule has 0 spiro atoms. The summed E-state index contributed by atoms with van der Waals surface area (Å²) in [4.78, 5) is 10.9. The lowest BCUT2D eigenvalue weighted by Gasteiger charge is -2.40. The second kappa shape index (κ2) is 6.11. The Labute approximate surface area is 125 Å². The third kappa shape index (κ3) is 3.25. The van der Waals surface area contributed by atoms with Gasteiger partial charge in [0.1, 0.15) is 6.61 Å². The van der Waals surface area contributed by atoms with Gasteiger partial charge in [-0.2, -0.15) is 26.3 Å². The van der Waals surface area contributed by atoms with E-state index >= 15 is 0 Å². The highest BCUT2D eigenvalue weighted by atomic mass is 19.4. The fraction of sp³-hybridized carbons (Fsp3) is 0.364. The molecule has 1 aromatic carbocycles. The molecule has 13 heteroatoms. The van der Waals surface area contributed by atoms with Crippen molar-refractivity contribution in [2.45, 2.75) is 24.6 Å². The predicted octanol–water partition coefficient (Wildman–Crippen LogP) is 2.51. The molecule has 0 unspecified atom stereocenters. The number of halogens is 10. The Bertz CT molecular complexity index is 635. The fourth-order valence-corrected chi connectivity index (χ4v) is 1.36. The molecule has 3 nitrogen and oxygen atoms in total. The van der Waals surface area contributed by atoms with Crippen LogP contribution < -0.4 is 5.11 Å². The zero-order valence-corrected chi connectivity index (χ0v) is 10.8. The molecule has 136 valence electrons. The van der Waals surface area contributed by atoms with Gasteiger partial charge in [-0.1, -0.05) is 0 Å². The molecule has 0 fully saturated rings. The molecular weight excluding hydrogens is 370 g/mol. The van der Waals surface area contributed by atoms with Gasteiger partial charge in [-0.3, -0.25) is 4.79 Å². The molecule has 1 aromatic rings. The third-order valence-corrected chi connectivity index (χ3v) is 2.62. The van der Waals surface area contributed by atoms with Crippen LogP contribution in [0.3, 0.4) is 0 Å². The van der Waals surface area contributed by atoms with Crippen molar-refractivity contribution in [3.63, 3.8) is 0 Å². The second-order valence-electron chi connectivity index (χ2n) is 4.21. The van der Waals surface area contributed by atoms with Crippen molar-refractivity contribution in [2.24, 2.45) is 0 Å². The van der Waals surface area contributed by atoms with Gasteiger partial charge in [-0.15, -0.1) is 0 Å². The molecule has 0 atom stereocenters. The largest absolute Gasteiger partial charge is 0.828 e. The molecule has 0 heterocycles. The second-order valence-corrected chi connectivity index (χ2v) is 4.21. The number of carbonyl (C=O) groups excluding carboxylic acids is 1. The zero-order valence-electron chi connectivity index (χ0n) is 10.8. The molecule has 0 bridgehead atoms. The van der Waals surface area contributed by atoms with E-state index in [1.807, 2.05) is 0 Å². The molecule has 0 aliphatic rings. The summed E-state index contributed by atoms with van der Waals surface area (Å²) in [5, 5.41) is 10.9. The fourth-order valence-electron chi connectivity index (χ4n) is 1.36. The quantitative estimate of drug-likeness (QED) is 0.354. The summed E-state index contributed by atoms with van der Waals surface area (Å²) in [6.45, 7) is -1.88. The van der Waals surface area contributed by atoms with Crippen molar-refractivity contribution in [1.29, 1.82) is 0 Å². The van der Waals surface area contributed by atoms with Crippen LogP contribution in [-0.4, -0.2) is 23.9 Å². The van der Waals surface area contributed by atoms with Crippen molar-refractivity contribution in [1.82, 2.24) is 0 Å². The van der Waals surface area contributed by atoms with Gasteiger partial charge in [0, 0.05) is 5.56 Å². The molecule has 0 saturated carbocycles. The Morgan fingerprint density at radius 1 is 0.917 bits per heavy atom. The summed E-state index contributed by atoms with van der Waals surface area (Å²) in [6.07, 6.45) is -13.3. The van der Waals surface area contributed by atoms with Crippen LogP contribution in [0.2, 0.25) is 0 Å². The van der Waals surface area contributed by atoms with E-state index in [-0.39, 0.29) is 6.07 Å². The normalized spacial score (nSPS) is 13.1. The average Bonchev–Trinajstić information content (AvgIpc) is 2.43. The highest BCUT2D eigenvalue weighted by Gasteiger charge is 2.68. The molecule has 1 rings (SSSR count). The minimum Gasteiger partial charge on any atom is -0.828 e. The lowest BCUT2D eigenvalue weighted by Crippen LogP contribution is -2.71. The molecule has 0 aromatic heterocycles. The van der Waals surface area contributed by atoms with Crippen molar-refractivity contribution in [2.75, 3.05) is 0 Å². The van der Waals surface area contributed by atoms with E-state index in [9.17, 15) is 53.8 Å². The van der Waals surface area contributed by atoms with Gasteiger partial charge in [0.05, 0.1) is 0 Å². The van der Waals surface area contributed by atoms with Gasteiger partial charge in [-0.05, 0) is 6.07 Å². The first-order valence-electron chi connectivity index (χ1n) is 5.47. The molecule has 0 N–H and O–H groups in total. The van der Waals surface area contributed by atoms with Crippen LogP contribution in [0.15, 0.2) is 6.07 Å². The molecule has 24 heavy (non-hydrogen) atoms. The van der Waals surface area contributed by atoms with Crippen LogP contribution in [0.5, 0.6) is 0 Å². The number of alkyl halides is 6. The molecule has 0 amide bonds. The molecule has 0 aliphatic heterocycles. The first-order chi connectivity index (χ1) is 10.6. The van der Waals surface area contributed by atoms with Crippen LogP contribution in [0.25, 0.3) is 0 Å². The summed E-state index contributed by atoms with van der Waals surface area (Å²) >= 11 is 0. The van der Waals surface area contributed by atoms with E-state index in [0.29, 0.717) is 0 Å². The SMILES string of the molecule is O=C(OCc1cc(F)c(F)c(F)c1F)C([O-])(C(F)(F)F)C(F)(F)F. The van der Waals surface area contributed by atoms with Gasteiger partial charge in [0.15, 0.2) is 28.9 Å². The van der Waals surface area contributed by atoms with Crippen molar-refractivity contribution < 1.29 is 58.5 Å². The van der Waals surface area contributed by atoms with Crippen LogP contribution in [0.4, 0.5) is 43.9 Å². The molecule has 0 aliphatic carbocycles. The van der Waals surface area contributed by atoms with E-state index < -0.39 is 59.4 Å². The smallest absolute Gasteiger partial charge is 0.399 e. The van der Waals surface area contributed by atoms with Gasteiger partial charge < -0.3 is 9.84 Å². The first kappa shape index (κ1) is 20.0. The maximum absolute atomic E-state index is 13.2. The molecular formula is C11H3F10O3-. The molecule has 0 saturated heterocycles. The van der Waals surface area contributed by atoms with E-state index in [1.165, 1.54) is 0 Å². The van der Waals surface area contributed by atoms with Crippen molar-refractivity contribution >= 4 is 5.97 Å². The van der Waals surface area contributed by atoms with Crippen LogP contribution in [0.1, 0.15) is 5.56 Å². The van der Waals surface area contributed by atoms with Crippen LogP contribution in [0, 0.1) is 23.3 Å². The van der Waals surface area contributed by atoms with Gasteiger partial charge >= 0.3 is 18.3 Å². The minimum atomic E-state index is -6.67. The van der Waals surface area contributed by atoms with Gasteiger partial charge in [-0.25, -0.2) is 17.6 Å². The summed E-state index contributed by atoms with van der Waals surface area (Å²) in [6, 6.07) is -0.172. The van der Waals surface area contributed by atoms with E-state index in [0.717, 1.165) is 0 Å². The van der Waals surface area contributed by atoms with Gasteiger partial charge in [0.25, 0.3) is 0 Å². The van der Waals surface area contributed by atoms with Crippen LogP contribution >= 0.6 is 0 Å². The number of hydrogen-bond acceptors (Lipinski definition) is 3. The number of esters is 1. The Balaban J connectivity index is 3.13. The Hall–Kier alpha value is -2.05. The third-order valence-electron chi connectivity index (χ3n) is 2.62. The lowest BCUT2D eigenvalue weighted by molar-refractivity contribution is -0.574. The van der Waals surface area contributed by atoms with Crippen molar-refractivity contribution in [3.05, 3.63) is 34.9 Å². The van der Waals surface area contributed by atoms with Crippen molar-refractivity contribution in [3.8, 4) is 0 Å². The average molecular weight is 373 g/mol. The highest BCUT2D eigenvalue weighted by molar-refractivity contribution is 5.81. The van der Waals surface area contributed by atoms with Gasteiger partial charge in [0.2, 0.25) is 0 Å². The number of benzene rings is 1. The predicted molar refractivity (Wildman–Crippen MR) is 50.9 cm³/mol. The Morgan fingerprint density at radius 2 is 1.38 bits per heavy atom. The topological polar surface area (TPSA) is 49.4 Å². The van der Waals surface area contributed by atoms with E-state index in [4.69, 9.17) is 0 Å².